The van der Waals surface area contributed by atoms with E-state index in [4.69, 9.17) is 44.6 Å². The van der Waals surface area contributed by atoms with Crippen LogP contribution in [0.15, 0.2) is 285 Å². The minimum Gasteiger partial charge on any atom is -0.462 e. The molecule has 0 spiro atoms. The predicted octanol–water partition coefficient (Wildman–Crippen LogP) is 23.7. The highest BCUT2D eigenvalue weighted by atomic mass is 19.1. The minimum absolute atomic E-state index is 0.265. The third-order valence-electron chi connectivity index (χ3n) is 20.8. The zero-order chi connectivity index (χ0) is 89.1. The Balaban J connectivity index is 0.000000145. The summed E-state index contributed by atoms with van der Waals surface area (Å²) >= 11 is 0. The number of para-hydroxylation sites is 2. The number of anilines is 8. The molecular weight excluding hydrogens is 1570 g/mol. The number of aryl methyl sites for hydroxylation is 10. The number of nitrogens with one attached hydrogen (secondary N) is 4. The third-order valence-corrected chi connectivity index (χ3v) is 20.8. The molecule has 19 heteroatoms. The number of hydrogen-bond donors (Lipinski definition) is 4. The molecule has 0 unspecified atom stereocenters. The van der Waals surface area contributed by atoms with Crippen LogP contribution in [0.25, 0.3) is 0 Å². The summed E-state index contributed by atoms with van der Waals surface area (Å²) in [6, 6.07) is 95.6. The molecule has 0 radical (unpaired) electrons. The van der Waals surface area contributed by atoms with E-state index >= 15 is 0 Å². The highest BCUT2D eigenvalue weighted by Gasteiger charge is 2.19. The molecule has 18 nitrogen and oxygen atoms in total. The van der Waals surface area contributed by atoms with Crippen molar-refractivity contribution in [2.24, 2.45) is 0 Å². The number of nitrogens with zero attached hydrogens (tertiary/aromatic N) is 12. The van der Waals surface area contributed by atoms with Crippen molar-refractivity contribution in [2.45, 2.75) is 147 Å². The third kappa shape index (κ3) is 28.1. The Morgan fingerprint density at radius 1 is 0.283 bits per heavy atom. The summed E-state index contributed by atoms with van der Waals surface area (Å²) in [5.74, 6) is 7.71. The molecule has 0 saturated carbocycles. The first kappa shape index (κ1) is 90.0. The van der Waals surface area contributed by atoms with Crippen LogP contribution in [0, 0.1) is 75.1 Å². The second kappa shape index (κ2) is 44.0. The smallest absolute Gasteiger partial charge is 0.340 e. The average molecular weight is 1680 g/mol. The van der Waals surface area contributed by atoms with Gasteiger partial charge in [-0.15, -0.1) is 0 Å². The van der Waals surface area contributed by atoms with Crippen LogP contribution < -0.4 is 21.3 Å². The SMILES string of the molecule is CCOC(=O)c1ccccc1Nc1nc(Cc2cccc(C)c2)nc(Cc2cccc(C)c2)n1.Cc1cccc(Cc2nc(Cc3cccc(C)c3)nc(Nc3ccc(C(C)C)cc3)n2)c1.Cc1cccc(Cc2nc(Cc3cccc(C)c3)nc(Nc3ccc(F)cc3C)n2)c1.Cc1cccc(Cc2nc(Cc3cccc(C)c3)nc(Nc3ccccc3C)n2)c1. The lowest BCUT2D eigenvalue weighted by atomic mass is 10.0. The van der Waals surface area contributed by atoms with E-state index in [2.05, 4.69) is 318 Å². The van der Waals surface area contributed by atoms with Crippen LogP contribution in [0.2, 0.25) is 0 Å². The van der Waals surface area contributed by atoms with Gasteiger partial charge in [-0.2, -0.15) is 39.9 Å². The summed E-state index contributed by atoms with van der Waals surface area (Å²) in [6.07, 6.45) is 5.08. The van der Waals surface area contributed by atoms with E-state index in [0.717, 1.165) is 73.7 Å². The molecule has 0 bridgehead atoms. The van der Waals surface area contributed by atoms with Crippen molar-refractivity contribution in [2.75, 3.05) is 27.9 Å². The van der Waals surface area contributed by atoms with Crippen LogP contribution in [0.4, 0.5) is 50.9 Å². The zero-order valence-electron chi connectivity index (χ0n) is 74.6. The Hall–Kier alpha value is -14.7. The van der Waals surface area contributed by atoms with Crippen molar-refractivity contribution >= 4 is 52.5 Å². The molecule has 4 aromatic heterocycles. The molecule has 4 heterocycles. The topological polar surface area (TPSA) is 229 Å². The number of aromatic nitrogens is 12. The van der Waals surface area contributed by atoms with Crippen LogP contribution >= 0.6 is 0 Å². The number of rotatable bonds is 27. The van der Waals surface area contributed by atoms with Crippen molar-refractivity contribution < 1.29 is 13.9 Å². The number of carbonyl (C=O) groups is 1. The lowest BCUT2D eigenvalue weighted by Crippen LogP contribution is -2.12. The van der Waals surface area contributed by atoms with Crippen LogP contribution in [0.1, 0.15) is 189 Å². The number of hydrogen-bond acceptors (Lipinski definition) is 18. The Bertz CT molecular complexity index is 6170. The Kier molecular flexibility index (Phi) is 31.2. The van der Waals surface area contributed by atoms with E-state index in [0.29, 0.717) is 122 Å². The largest absolute Gasteiger partial charge is 0.462 e. The molecule has 127 heavy (non-hydrogen) atoms. The van der Waals surface area contributed by atoms with Gasteiger partial charge in [-0.25, -0.2) is 29.1 Å². The fourth-order valence-electron chi connectivity index (χ4n) is 14.7. The quantitative estimate of drug-likeness (QED) is 0.0351. The summed E-state index contributed by atoms with van der Waals surface area (Å²) in [6.45, 7) is 27.1. The van der Waals surface area contributed by atoms with Gasteiger partial charge in [0.15, 0.2) is 0 Å². The summed E-state index contributed by atoms with van der Waals surface area (Å²) in [4.78, 5) is 69.1. The molecular formula is C108H109FN16O2. The van der Waals surface area contributed by atoms with E-state index < -0.39 is 0 Å². The molecule has 4 N–H and O–H groups in total. The molecule has 0 aliphatic carbocycles. The van der Waals surface area contributed by atoms with Gasteiger partial charge in [0.2, 0.25) is 23.8 Å². The predicted molar refractivity (Wildman–Crippen MR) is 510 cm³/mol. The molecule has 0 aliphatic rings. The highest BCUT2D eigenvalue weighted by Crippen LogP contribution is 2.28. The molecule has 0 aliphatic heterocycles. The van der Waals surface area contributed by atoms with Crippen molar-refractivity contribution in [1.82, 2.24) is 59.8 Å². The highest BCUT2D eigenvalue weighted by molar-refractivity contribution is 5.96. The van der Waals surface area contributed by atoms with Gasteiger partial charge in [-0.3, -0.25) is 0 Å². The van der Waals surface area contributed by atoms with Crippen molar-refractivity contribution in [3.05, 3.63) is 449 Å². The average Bonchev–Trinajstić information content (AvgIpc) is 0.829. The van der Waals surface area contributed by atoms with Gasteiger partial charge in [-0.1, -0.05) is 295 Å². The van der Waals surface area contributed by atoms with Crippen molar-refractivity contribution in [1.29, 1.82) is 0 Å². The maximum Gasteiger partial charge on any atom is 0.340 e. The molecule has 16 aromatic rings. The summed E-state index contributed by atoms with van der Waals surface area (Å²) in [7, 11) is 0. The Morgan fingerprint density at radius 2 is 0.551 bits per heavy atom. The number of carbonyl (C=O) groups excluding carboxylic acids is 1. The molecule has 0 amide bonds. The first-order chi connectivity index (χ1) is 61.4. The molecule has 0 fully saturated rings. The number of esters is 1. The molecule has 12 aromatic carbocycles. The maximum absolute atomic E-state index is 13.5. The fourth-order valence-corrected chi connectivity index (χ4v) is 14.7. The van der Waals surface area contributed by atoms with E-state index in [1.165, 1.54) is 84.5 Å². The molecule has 0 atom stereocenters. The second-order valence-electron chi connectivity index (χ2n) is 32.6. The van der Waals surface area contributed by atoms with Crippen molar-refractivity contribution in [3.63, 3.8) is 0 Å². The van der Waals surface area contributed by atoms with Crippen LogP contribution in [-0.4, -0.2) is 72.4 Å². The monoisotopic (exact) mass is 1680 g/mol. The summed E-state index contributed by atoms with van der Waals surface area (Å²) in [5.41, 5.74) is 26.1. The number of halogens is 1. The molecule has 16 rings (SSSR count). The number of ether oxygens (including phenoxy) is 1. The second-order valence-corrected chi connectivity index (χ2v) is 32.6. The van der Waals surface area contributed by atoms with Gasteiger partial charge in [0.1, 0.15) is 52.4 Å². The summed E-state index contributed by atoms with van der Waals surface area (Å²) in [5, 5.41) is 13.2. The van der Waals surface area contributed by atoms with Gasteiger partial charge in [0.05, 0.1) is 17.9 Å². The van der Waals surface area contributed by atoms with Crippen molar-refractivity contribution in [3.8, 4) is 0 Å². The number of benzene rings is 12. The summed E-state index contributed by atoms with van der Waals surface area (Å²) < 4.78 is 18.7. The lowest BCUT2D eigenvalue weighted by molar-refractivity contribution is 0.0527. The minimum atomic E-state index is -0.389. The van der Waals surface area contributed by atoms with E-state index in [1.807, 2.05) is 61.5 Å². The fraction of sp³-hybridized carbons (Fsp3) is 0.213. The standard InChI is InChI=1S/C28H28N4O2.C28H30N4.C26H25FN4.C26H26N4/c1-4-34-27(33)23-13-5-6-14-24(23)29-28-31-25(17-21-11-7-9-19(2)15-21)30-26(32-28)18-22-12-8-10-20(3)16-22;1-19(2)24-11-13-25(14-12-24)29-28-31-26(17-22-9-5-7-20(3)15-22)30-27(32-28)18-23-10-6-8-21(4)16-23;1-17-6-4-8-20(12-17)15-24-29-25(16-21-9-5-7-18(2)13-21)31-26(30-24)28-23-11-10-22(27)14-19(23)3;1-18-8-6-11-21(14-18)16-24-28-25(17-22-12-7-9-19(2)15-22)30-26(29-24)27-23-13-5-4-10-20(23)3/h5-16H,4,17-18H2,1-3H3,(H,29,30,31,32);5-16,19H,17-18H2,1-4H3,(H,29,30,31,32);4-14H,15-16H2,1-3H3,(H,28,29,30,31);4-15H,16-17H2,1-3H3,(H,27,28,29,30). The molecule has 0 saturated heterocycles. The van der Waals surface area contributed by atoms with Crippen LogP contribution in [0.5, 0.6) is 0 Å². The normalized spacial score (nSPS) is 10.8. The van der Waals surface area contributed by atoms with Gasteiger partial charge < -0.3 is 26.0 Å². The van der Waals surface area contributed by atoms with Crippen LogP contribution in [-0.2, 0) is 56.1 Å². The van der Waals surface area contributed by atoms with Gasteiger partial charge in [-0.05, 0) is 192 Å². The van der Waals surface area contributed by atoms with E-state index in [9.17, 15) is 9.18 Å². The first-order valence-electron chi connectivity index (χ1n) is 43.1. The zero-order valence-corrected chi connectivity index (χ0v) is 74.6. The molecule has 640 valence electrons. The van der Waals surface area contributed by atoms with E-state index in [1.54, 1.807) is 25.1 Å². The Morgan fingerprint density at radius 3 is 0.827 bits per heavy atom. The van der Waals surface area contributed by atoms with Gasteiger partial charge >= 0.3 is 5.97 Å². The van der Waals surface area contributed by atoms with E-state index in [-0.39, 0.29) is 11.8 Å². The Labute approximate surface area is 745 Å². The van der Waals surface area contributed by atoms with Gasteiger partial charge in [0, 0.05) is 68.4 Å². The lowest BCUT2D eigenvalue weighted by Gasteiger charge is -2.12. The first-order valence-corrected chi connectivity index (χ1v) is 43.1. The van der Waals surface area contributed by atoms with Gasteiger partial charge in [0.25, 0.3) is 0 Å². The maximum atomic E-state index is 13.5. The van der Waals surface area contributed by atoms with Crippen LogP contribution in [0.3, 0.4) is 0 Å².